The van der Waals surface area contributed by atoms with Crippen molar-refractivity contribution in [1.29, 1.82) is 0 Å². The number of hydrogen-bond acceptors (Lipinski definition) is 1. The van der Waals surface area contributed by atoms with Gasteiger partial charge in [-0.2, -0.15) is 0 Å². The smallest absolute Gasteiger partial charge is 0.256 e. The van der Waals surface area contributed by atoms with Gasteiger partial charge >= 0.3 is 0 Å². The zero-order valence-electron chi connectivity index (χ0n) is 8.45. The van der Waals surface area contributed by atoms with Crippen LogP contribution in [-0.4, -0.2) is 16.2 Å². The Bertz CT molecular complexity index is 243. The normalized spacial score (nSPS) is 13.2. The topological polar surface area (TPSA) is 39.9 Å². The number of H-pyrrole nitrogens is 1. The molecule has 1 rings (SSSR count). The Morgan fingerprint density at radius 1 is 1.62 bits per heavy atom. The summed E-state index contributed by atoms with van der Waals surface area (Å²) in [6.07, 6.45) is 6.78. The zero-order chi connectivity index (χ0) is 9.68. The van der Waals surface area contributed by atoms with Crippen LogP contribution < -0.4 is 4.57 Å². The van der Waals surface area contributed by atoms with E-state index >= 15 is 0 Å². The van der Waals surface area contributed by atoms with Crippen LogP contribution >= 0.6 is 0 Å². The lowest BCUT2D eigenvalue weighted by atomic mass is 10.2. The van der Waals surface area contributed by atoms with Crippen LogP contribution in [0.15, 0.2) is 12.4 Å². The molecule has 0 bridgehead atoms. The van der Waals surface area contributed by atoms with E-state index in [2.05, 4.69) is 16.5 Å². The molecule has 0 radical (unpaired) electrons. The quantitative estimate of drug-likeness (QED) is 0.657. The minimum atomic E-state index is -0.272. The molecule has 13 heavy (non-hydrogen) atoms. The van der Waals surface area contributed by atoms with Gasteiger partial charge in [0.15, 0.2) is 0 Å². The highest BCUT2D eigenvalue weighted by atomic mass is 16.3. The number of nitrogens with one attached hydrogen (secondary N) is 1. The molecule has 1 aromatic heterocycles. The molecule has 0 fully saturated rings. The molecule has 0 aliphatic carbocycles. The van der Waals surface area contributed by atoms with Gasteiger partial charge in [0.2, 0.25) is 0 Å². The van der Waals surface area contributed by atoms with Gasteiger partial charge in [-0.3, -0.25) is 0 Å². The van der Waals surface area contributed by atoms with Gasteiger partial charge in [0, 0.05) is 0 Å². The summed E-state index contributed by atoms with van der Waals surface area (Å²) in [6.45, 7) is 5.04. The molecule has 74 valence electrons. The lowest BCUT2D eigenvalue weighted by Crippen LogP contribution is -2.37. The molecule has 0 aliphatic rings. The first kappa shape index (κ1) is 10.3. The van der Waals surface area contributed by atoms with Crippen LogP contribution in [0, 0.1) is 0 Å². The number of aromatic nitrogens is 2. The number of aryl methyl sites for hydroxylation is 1. The molecule has 1 atom stereocenters. The minimum Gasteiger partial charge on any atom is -0.393 e. The Balaban J connectivity index is 2.55. The first-order valence-corrected chi connectivity index (χ1v) is 4.97. The average molecular weight is 183 g/mol. The number of aromatic amines is 1. The van der Waals surface area contributed by atoms with Gasteiger partial charge in [-0.25, -0.2) is 9.55 Å². The number of aliphatic hydroxyl groups excluding tert-OH is 1. The number of hydrogen-bond donors (Lipinski definition) is 2. The number of nitrogens with zero attached hydrogens (tertiary/aromatic N) is 1. The van der Waals surface area contributed by atoms with Gasteiger partial charge in [0.25, 0.3) is 5.82 Å². The van der Waals surface area contributed by atoms with Gasteiger partial charge < -0.3 is 5.11 Å². The van der Waals surface area contributed by atoms with Crippen molar-refractivity contribution >= 4 is 0 Å². The second-order valence-corrected chi connectivity index (χ2v) is 3.51. The van der Waals surface area contributed by atoms with E-state index in [1.165, 1.54) is 12.8 Å². The molecule has 0 aliphatic heterocycles. The third-order valence-corrected chi connectivity index (χ3v) is 2.09. The molecule has 0 saturated heterocycles. The van der Waals surface area contributed by atoms with Crippen molar-refractivity contribution in [3.8, 4) is 0 Å². The molecule has 1 heterocycles. The Kier molecular flexibility index (Phi) is 3.96. The molecule has 0 spiro atoms. The molecule has 0 saturated carbocycles. The molecule has 3 heteroatoms. The number of rotatable bonds is 5. The fourth-order valence-electron chi connectivity index (χ4n) is 1.39. The van der Waals surface area contributed by atoms with E-state index in [1.54, 1.807) is 0 Å². The Morgan fingerprint density at radius 3 is 3.00 bits per heavy atom. The summed E-state index contributed by atoms with van der Waals surface area (Å²) in [5.74, 6) is 1.11. The van der Waals surface area contributed by atoms with Crippen LogP contribution in [0.3, 0.4) is 0 Å². The van der Waals surface area contributed by atoms with Crippen molar-refractivity contribution in [1.82, 2.24) is 4.98 Å². The van der Waals surface area contributed by atoms with E-state index in [4.69, 9.17) is 0 Å². The van der Waals surface area contributed by atoms with Crippen LogP contribution in [0.1, 0.15) is 32.5 Å². The molecule has 1 aromatic rings. The highest BCUT2D eigenvalue weighted by Gasteiger charge is 2.11. The maximum absolute atomic E-state index is 9.24. The van der Waals surface area contributed by atoms with Crippen LogP contribution in [0.5, 0.6) is 0 Å². The highest BCUT2D eigenvalue weighted by Crippen LogP contribution is 1.95. The second kappa shape index (κ2) is 5.02. The maximum Gasteiger partial charge on any atom is 0.256 e. The SMILES string of the molecule is CCCC[n+]1cc[nH]c1CC(C)O. The number of aliphatic hydroxyl groups is 1. The molecule has 2 N–H and O–H groups in total. The largest absolute Gasteiger partial charge is 0.393 e. The first-order chi connectivity index (χ1) is 6.24. The summed E-state index contributed by atoms with van der Waals surface area (Å²) in [5, 5.41) is 9.24. The monoisotopic (exact) mass is 183 g/mol. The van der Waals surface area contributed by atoms with Crippen molar-refractivity contribution in [3.05, 3.63) is 18.2 Å². The van der Waals surface area contributed by atoms with Crippen molar-refractivity contribution in [2.45, 2.75) is 45.8 Å². The molecule has 1 unspecified atom stereocenters. The summed E-state index contributed by atoms with van der Waals surface area (Å²) >= 11 is 0. The van der Waals surface area contributed by atoms with Crippen molar-refractivity contribution in [3.63, 3.8) is 0 Å². The van der Waals surface area contributed by atoms with Crippen molar-refractivity contribution in [2.24, 2.45) is 0 Å². The zero-order valence-corrected chi connectivity index (χ0v) is 8.45. The highest BCUT2D eigenvalue weighted by molar-refractivity contribution is 4.79. The van der Waals surface area contributed by atoms with E-state index in [0.29, 0.717) is 6.42 Å². The Hall–Kier alpha value is -0.830. The van der Waals surface area contributed by atoms with Crippen LogP contribution in [0.2, 0.25) is 0 Å². The standard InChI is InChI=1S/C10H18N2O/c1-3-4-6-12-7-5-11-10(12)8-9(2)13/h5,7,9,13H,3-4,6,8H2,1-2H3/p+1. The van der Waals surface area contributed by atoms with Gasteiger partial charge in [-0.1, -0.05) is 13.3 Å². The maximum atomic E-state index is 9.24. The summed E-state index contributed by atoms with van der Waals surface area (Å²) < 4.78 is 2.18. The fraction of sp³-hybridized carbons (Fsp3) is 0.700. The van der Waals surface area contributed by atoms with Crippen LogP contribution in [0.4, 0.5) is 0 Å². The van der Waals surface area contributed by atoms with Gasteiger partial charge in [0.1, 0.15) is 12.4 Å². The lowest BCUT2D eigenvalue weighted by Gasteiger charge is -2.01. The van der Waals surface area contributed by atoms with E-state index in [9.17, 15) is 5.11 Å². The summed E-state index contributed by atoms with van der Waals surface area (Å²) in [5.41, 5.74) is 0. The molecule has 0 aromatic carbocycles. The fourth-order valence-corrected chi connectivity index (χ4v) is 1.39. The van der Waals surface area contributed by atoms with Crippen molar-refractivity contribution in [2.75, 3.05) is 0 Å². The van der Waals surface area contributed by atoms with E-state index in [-0.39, 0.29) is 6.10 Å². The van der Waals surface area contributed by atoms with Crippen molar-refractivity contribution < 1.29 is 9.67 Å². The molecular weight excluding hydrogens is 164 g/mol. The molecule has 3 nitrogen and oxygen atoms in total. The van der Waals surface area contributed by atoms with E-state index < -0.39 is 0 Å². The predicted molar refractivity (Wildman–Crippen MR) is 51.3 cm³/mol. The second-order valence-electron chi connectivity index (χ2n) is 3.51. The van der Waals surface area contributed by atoms with Gasteiger partial charge in [0.05, 0.1) is 19.1 Å². The van der Waals surface area contributed by atoms with E-state index in [0.717, 1.165) is 12.4 Å². The van der Waals surface area contributed by atoms with Crippen LogP contribution in [-0.2, 0) is 13.0 Å². The van der Waals surface area contributed by atoms with Gasteiger partial charge in [-0.05, 0) is 13.3 Å². The molecule has 0 amide bonds. The summed E-state index contributed by atoms with van der Waals surface area (Å²) in [7, 11) is 0. The average Bonchev–Trinajstić information content (AvgIpc) is 2.48. The summed E-state index contributed by atoms with van der Waals surface area (Å²) in [6, 6.07) is 0. The number of unbranched alkanes of at least 4 members (excludes halogenated alkanes) is 1. The Morgan fingerprint density at radius 2 is 2.38 bits per heavy atom. The number of imidazole rings is 1. The third-order valence-electron chi connectivity index (χ3n) is 2.09. The van der Waals surface area contributed by atoms with E-state index in [1.807, 2.05) is 19.3 Å². The predicted octanol–water partition coefficient (Wildman–Crippen LogP) is 1.03. The minimum absolute atomic E-state index is 0.272. The Labute approximate surface area is 79.4 Å². The van der Waals surface area contributed by atoms with Crippen LogP contribution in [0.25, 0.3) is 0 Å². The third kappa shape index (κ3) is 3.19. The molecular formula is C10H19N2O+. The van der Waals surface area contributed by atoms with Gasteiger partial charge in [-0.15, -0.1) is 0 Å². The summed E-state index contributed by atoms with van der Waals surface area (Å²) in [4.78, 5) is 3.15. The lowest BCUT2D eigenvalue weighted by molar-refractivity contribution is -0.703. The first-order valence-electron chi connectivity index (χ1n) is 4.97.